The minimum Gasteiger partial charge on any atom is -0.376 e. The molecule has 0 unspecified atom stereocenters. The fraction of sp³-hybridized carbons (Fsp3) is 0.524. The van der Waals surface area contributed by atoms with Crippen LogP contribution in [0.4, 0.5) is 5.82 Å². The molecule has 4 rings (SSSR count). The van der Waals surface area contributed by atoms with Crippen LogP contribution in [0.2, 0.25) is 0 Å². The van der Waals surface area contributed by atoms with Gasteiger partial charge < -0.3 is 9.64 Å². The summed E-state index contributed by atoms with van der Waals surface area (Å²) < 4.78 is 7.04. The van der Waals surface area contributed by atoms with Gasteiger partial charge in [-0.15, -0.1) is 0 Å². The molecule has 2 aliphatic heterocycles. The van der Waals surface area contributed by atoms with E-state index in [1.54, 1.807) is 10.7 Å². The number of pyridine rings is 1. The van der Waals surface area contributed by atoms with Gasteiger partial charge in [0.1, 0.15) is 11.9 Å². The minimum absolute atomic E-state index is 0.0731. The van der Waals surface area contributed by atoms with Crippen molar-refractivity contribution in [3.8, 4) is 6.07 Å². The van der Waals surface area contributed by atoms with E-state index in [1.807, 2.05) is 12.1 Å². The largest absolute Gasteiger partial charge is 0.376 e. The average Bonchev–Trinajstić information content (AvgIpc) is 2.63. The Kier molecular flexibility index (Phi) is 4.68. The van der Waals surface area contributed by atoms with Gasteiger partial charge in [0.15, 0.2) is 0 Å². The maximum atomic E-state index is 12.2. The third-order valence-electron chi connectivity index (χ3n) is 5.36. The molecule has 4 heterocycles. The van der Waals surface area contributed by atoms with E-state index in [0.29, 0.717) is 31.2 Å². The molecule has 0 radical (unpaired) electrons. The molecule has 0 aliphatic carbocycles. The molecule has 2 aliphatic rings. The van der Waals surface area contributed by atoms with Crippen LogP contribution in [0.15, 0.2) is 23.0 Å². The molecule has 146 valence electrons. The lowest BCUT2D eigenvalue weighted by Gasteiger charge is -2.41. The molecule has 1 saturated heterocycles. The van der Waals surface area contributed by atoms with Crippen LogP contribution in [0.3, 0.4) is 0 Å². The van der Waals surface area contributed by atoms with Crippen LogP contribution in [0.5, 0.6) is 0 Å². The van der Waals surface area contributed by atoms with Crippen LogP contribution in [-0.2, 0) is 29.7 Å². The monoisotopic (exact) mass is 379 g/mol. The first-order valence-corrected chi connectivity index (χ1v) is 9.69. The number of nitriles is 1. The molecule has 7 nitrogen and oxygen atoms in total. The highest BCUT2D eigenvalue weighted by atomic mass is 16.5. The summed E-state index contributed by atoms with van der Waals surface area (Å²) in [6, 6.07) is 7.58. The Morgan fingerprint density at radius 1 is 1.32 bits per heavy atom. The third kappa shape index (κ3) is 3.52. The van der Waals surface area contributed by atoms with Gasteiger partial charge in [-0.3, -0.25) is 4.79 Å². The second-order valence-corrected chi connectivity index (χ2v) is 8.64. The number of hydrogen-bond donors (Lipinski definition) is 0. The fourth-order valence-corrected chi connectivity index (χ4v) is 3.68. The predicted molar refractivity (Wildman–Crippen MR) is 105 cm³/mol. The van der Waals surface area contributed by atoms with Crippen LogP contribution in [-0.4, -0.2) is 34.5 Å². The van der Waals surface area contributed by atoms with E-state index < -0.39 is 0 Å². The second kappa shape index (κ2) is 7.02. The average molecular weight is 379 g/mol. The van der Waals surface area contributed by atoms with E-state index in [9.17, 15) is 10.1 Å². The molecule has 0 aromatic carbocycles. The van der Waals surface area contributed by atoms with Gasteiger partial charge >= 0.3 is 0 Å². The van der Waals surface area contributed by atoms with Gasteiger partial charge in [0, 0.05) is 42.5 Å². The standard InChI is InChI=1S/C21H25N5O2/c1-21(2,3)18-4-5-19(27)26(24-18)12-14-10-25(11-14)20-15(9-22)8-16-13-28-7-6-17(16)23-20/h4-5,8,14H,6-7,10-13H2,1-3H3. The Morgan fingerprint density at radius 3 is 2.82 bits per heavy atom. The molecule has 28 heavy (non-hydrogen) atoms. The number of fused-ring (bicyclic) bond motifs is 1. The fourth-order valence-electron chi connectivity index (χ4n) is 3.68. The predicted octanol–water partition coefficient (Wildman–Crippen LogP) is 2.02. The molecule has 0 amide bonds. The maximum Gasteiger partial charge on any atom is 0.266 e. The quantitative estimate of drug-likeness (QED) is 0.811. The highest BCUT2D eigenvalue weighted by Crippen LogP contribution is 2.30. The van der Waals surface area contributed by atoms with Crippen LogP contribution in [0.1, 0.15) is 43.3 Å². The molecule has 1 fully saturated rings. The van der Waals surface area contributed by atoms with Gasteiger partial charge in [0.05, 0.1) is 36.7 Å². The lowest BCUT2D eigenvalue weighted by Crippen LogP contribution is -2.50. The Labute approximate surface area is 164 Å². The normalized spacial score (nSPS) is 17.0. The summed E-state index contributed by atoms with van der Waals surface area (Å²) in [6.45, 7) is 9.59. The van der Waals surface area contributed by atoms with Crippen LogP contribution >= 0.6 is 0 Å². The van der Waals surface area contributed by atoms with Crippen LogP contribution < -0.4 is 10.5 Å². The van der Waals surface area contributed by atoms with Gasteiger partial charge in [-0.25, -0.2) is 9.67 Å². The summed E-state index contributed by atoms with van der Waals surface area (Å²) in [5.74, 6) is 1.07. The number of nitrogens with zero attached hydrogens (tertiary/aromatic N) is 5. The zero-order chi connectivity index (χ0) is 19.9. The van der Waals surface area contributed by atoms with E-state index in [4.69, 9.17) is 9.72 Å². The third-order valence-corrected chi connectivity index (χ3v) is 5.36. The van der Waals surface area contributed by atoms with Gasteiger partial charge in [-0.05, 0) is 12.1 Å². The van der Waals surface area contributed by atoms with Crippen molar-refractivity contribution < 1.29 is 4.74 Å². The summed E-state index contributed by atoms with van der Waals surface area (Å²) in [5.41, 5.74) is 3.37. The van der Waals surface area contributed by atoms with Crippen molar-refractivity contribution in [1.29, 1.82) is 5.26 Å². The SMILES string of the molecule is CC(C)(C)c1ccc(=O)n(CC2CN(c3nc4c(cc3C#N)COCC4)C2)n1. The smallest absolute Gasteiger partial charge is 0.266 e. The first-order valence-electron chi connectivity index (χ1n) is 9.69. The molecule has 0 spiro atoms. The molecule has 7 heteroatoms. The highest BCUT2D eigenvalue weighted by Gasteiger charge is 2.31. The molecule has 2 aromatic rings. The Hall–Kier alpha value is -2.72. The lowest BCUT2D eigenvalue weighted by atomic mass is 9.92. The van der Waals surface area contributed by atoms with Crippen LogP contribution in [0, 0.1) is 17.2 Å². The summed E-state index contributed by atoms with van der Waals surface area (Å²) in [7, 11) is 0. The van der Waals surface area contributed by atoms with Crippen LogP contribution in [0.25, 0.3) is 0 Å². The zero-order valence-corrected chi connectivity index (χ0v) is 16.6. The van der Waals surface area contributed by atoms with Crippen molar-refractivity contribution in [3.05, 3.63) is 51.1 Å². The highest BCUT2D eigenvalue weighted by molar-refractivity contribution is 5.57. The van der Waals surface area contributed by atoms with Gasteiger partial charge in [-0.1, -0.05) is 20.8 Å². The number of rotatable bonds is 3. The molecule has 0 atom stereocenters. The molecule has 0 saturated carbocycles. The second-order valence-electron chi connectivity index (χ2n) is 8.64. The Bertz CT molecular complexity index is 993. The number of anilines is 1. The van der Waals surface area contributed by atoms with E-state index in [-0.39, 0.29) is 11.0 Å². The number of ether oxygens (including phenoxy) is 1. The minimum atomic E-state index is -0.0977. The van der Waals surface area contributed by atoms with Gasteiger partial charge in [0.2, 0.25) is 0 Å². The maximum absolute atomic E-state index is 12.2. The first kappa shape index (κ1) is 18.6. The Balaban J connectivity index is 1.49. The van der Waals surface area contributed by atoms with Crippen molar-refractivity contribution in [1.82, 2.24) is 14.8 Å². The van der Waals surface area contributed by atoms with E-state index in [0.717, 1.165) is 42.3 Å². The van der Waals surface area contributed by atoms with Crippen molar-refractivity contribution in [2.75, 3.05) is 24.6 Å². The van der Waals surface area contributed by atoms with E-state index in [2.05, 4.69) is 36.8 Å². The molecular formula is C21H25N5O2. The van der Waals surface area contributed by atoms with E-state index in [1.165, 1.54) is 0 Å². The summed E-state index contributed by atoms with van der Waals surface area (Å²) in [6.07, 6.45) is 0.782. The van der Waals surface area contributed by atoms with Crippen molar-refractivity contribution in [2.24, 2.45) is 5.92 Å². The number of aromatic nitrogens is 3. The summed E-state index contributed by atoms with van der Waals surface area (Å²) in [5, 5.41) is 14.1. The first-order chi connectivity index (χ1) is 13.3. The topological polar surface area (TPSA) is 84.0 Å². The Morgan fingerprint density at radius 2 is 2.11 bits per heavy atom. The molecule has 0 N–H and O–H groups in total. The van der Waals surface area contributed by atoms with Crippen molar-refractivity contribution >= 4 is 5.82 Å². The van der Waals surface area contributed by atoms with Gasteiger partial charge in [0.25, 0.3) is 5.56 Å². The van der Waals surface area contributed by atoms with Gasteiger partial charge in [-0.2, -0.15) is 10.4 Å². The molecule has 0 bridgehead atoms. The lowest BCUT2D eigenvalue weighted by molar-refractivity contribution is 0.109. The van der Waals surface area contributed by atoms with Crippen molar-refractivity contribution in [3.63, 3.8) is 0 Å². The molecule has 2 aromatic heterocycles. The summed E-state index contributed by atoms with van der Waals surface area (Å²) in [4.78, 5) is 19.1. The summed E-state index contributed by atoms with van der Waals surface area (Å²) >= 11 is 0. The van der Waals surface area contributed by atoms with E-state index >= 15 is 0 Å². The zero-order valence-electron chi connectivity index (χ0n) is 16.6. The molecular weight excluding hydrogens is 354 g/mol. The number of hydrogen-bond acceptors (Lipinski definition) is 6. The van der Waals surface area contributed by atoms with Crippen molar-refractivity contribution in [2.45, 2.75) is 45.8 Å².